The number of ether oxygens (including phenoxy) is 2. The quantitative estimate of drug-likeness (QED) is 0.414. The summed E-state index contributed by atoms with van der Waals surface area (Å²) < 4.78 is 8.92. The number of nitrogens with zero attached hydrogens (tertiary/aromatic N) is 1. The molecule has 6 nitrogen and oxygen atoms in total. The summed E-state index contributed by atoms with van der Waals surface area (Å²) in [6.07, 6.45) is 3.98. The van der Waals surface area contributed by atoms with E-state index in [0.29, 0.717) is 4.90 Å². The van der Waals surface area contributed by atoms with Gasteiger partial charge in [0, 0.05) is 6.54 Å². The number of hydrogen-bond donors (Lipinski definition) is 0. The van der Waals surface area contributed by atoms with Gasteiger partial charge in [0.2, 0.25) is 0 Å². The van der Waals surface area contributed by atoms with Gasteiger partial charge in [-0.15, -0.1) is 6.42 Å². The van der Waals surface area contributed by atoms with Gasteiger partial charge in [0.1, 0.15) is 0 Å². The van der Waals surface area contributed by atoms with E-state index < -0.39 is 23.4 Å². The summed E-state index contributed by atoms with van der Waals surface area (Å²) in [6, 6.07) is 0. The third kappa shape index (κ3) is 5.34. The molecule has 0 aromatic rings. The first-order valence-electron chi connectivity index (χ1n) is 5.23. The van der Waals surface area contributed by atoms with Gasteiger partial charge in [-0.25, -0.2) is 14.5 Å². The van der Waals surface area contributed by atoms with Gasteiger partial charge in [-0.2, -0.15) is 0 Å². The molecule has 0 saturated heterocycles. The third-order valence-corrected chi connectivity index (χ3v) is 1.74. The molecule has 100 valence electrons. The summed E-state index contributed by atoms with van der Waals surface area (Å²) in [5.74, 6) is -0.101. The van der Waals surface area contributed by atoms with Crippen LogP contribution in [0.3, 0.4) is 0 Å². The van der Waals surface area contributed by atoms with Gasteiger partial charge in [0.05, 0.1) is 7.11 Å². The highest BCUT2D eigenvalue weighted by Gasteiger charge is 2.32. The van der Waals surface area contributed by atoms with Crippen molar-refractivity contribution in [3.63, 3.8) is 0 Å². The number of amides is 2. The van der Waals surface area contributed by atoms with E-state index >= 15 is 0 Å². The Labute approximate surface area is 106 Å². The molecule has 0 N–H and O–H groups in total. The molecular formula is C12H17NO5. The van der Waals surface area contributed by atoms with Gasteiger partial charge in [-0.3, -0.25) is 4.79 Å². The number of methoxy groups -OCH3 is 1. The van der Waals surface area contributed by atoms with Gasteiger partial charge in [-0.05, 0) is 5.41 Å². The summed E-state index contributed by atoms with van der Waals surface area (Å²) in [4.78, 5) is 35.1. The van der Waals surface area contributed by atoms with Gasteiger partial charge < -0.3 is 9.47 Å². The molecule has 18 heavy (non-hydrogen) atoms. The van der Waals surface area contributed by atoms with Crippen molar-refractivity contribution in [1.29, 1.82) is 0 Å². The molecular weight excluding hydrogens is 238 g/mol. The average Bonchev–Trinajstić information content (AvgIpc) is 2.29. The van der Waals surface area contributed by atoms with Crippen molar-refractivity contribution in [3.05, 3.63) is 0 Å². The zero-order valence-corrected chi connectivity index (χ0v) is 11.0. The SMILES string of the molecule is C#CCOC(=O)N(CC(C)(C)C)C(=O)C(=O)OC. The van der Waals surface area contributed by atoms with Crippen LogP contribution in [0.4, 0.5) is 4.79 Å². The zero-order valence-electron chi connectivity index (χ0n) is 11.0. The molecule has 0 aliphatic rings. The summed E-state index contributed by atoms with van der Waals surface area (Å²) in [5.41, 5.74) is -0.390. The van der Waals surface area contributed by atoms with Crippen LogP contribution in [0.1, 0.15) is 20.8 Å². The zero-order chi connectivity index (χ0) is 14.3. The van der Waals surface area contributed by atoms with E-state index in [0.717, 1.165) is 7.11 Å². The second-order valence-corrected chi connectivity index (χ2v) is 4.70. The van der Waals surface area contributed by atoms with Gasteiger partial charge >= 0.3 is 18.0 Å². The van der Waals surface area contributed by atoms with E-state index in [-0.39, 0.29) is 13.2 Å². The second-order valence-electron chi connectivity index (χ2n) is 4.70. The predicted molar refractivity (Wildman–Crippen MR) is 63.4 cm³/mol. The van der Waals surface area contributed by atoms with E-state index in [1.54, 1.807) is 20.8 Å². The van der Waals surface area contributed by atoms with Crippen LogP contribution in [0.2, 0.25) is 0 Å². The highest BCUT2D eigenvalue weighted by Crippen LogP contribution is 2.16. The predicted octanol–water partition coefficient (Wildman–Crippen LogP) is 0.804. The Kier molecular flexibility index (Phi) is 5.89. The first-order valence-corrected chi connectivity index (χ1v) is 5.23. The fraction of sp³-hybridized carbons (Fsp3) is 0.583. The monoisotopic (exact) mass is 255 g/mol. The number of carbonyl (C=O) groups excluding carboxylic acids is 3. The molecule has 0 fully saturated rings. The van der Waals surface area contributed by atoms with Crippen LogP contribution in [-0.2, 0) is 19.1 Å². The topological polar surface area (TPSA) is 72.9 Å². The van der Waals surface area contributed by atoms with Crippen LogP contribution in [0, 0.1) is 17.8 Å². The standard InChI is InChI=1S/C12H17NO5/c1-6-7-18-11(16)13(8-12(2,3)4)9(14)10(15)17-5/h1H,7-8H2,2-5H3. The minimum Gasteiger partial charge on any atom is -0.462 e. The lowest BCUT2D eigenvalue weighted by Crippen LogP contribution is -2.46. The normalized spacial score (nSPS) is 10.2. The molecule has 0 aliphatic heterocycles. The Morgan fingerprint density at radius 2 is 1.83 bits per heavy atom. The van der Waals surface area contributed by atoms with Crippen molar-refractivity contribution in [3.8, 4) is 12.3 Å². The van der Waals surface area contributed by atoms with Crippen LogP contribution < -0.4 is 0 Å². The van der Waals surface area contributed by atoms with Crippen molar-refractivity contribution in [2.45, 2.75) is 20.8 Å². The fourth-order valence-electron chi connectivity index (χ4n) is 1.07. The fourth-order valence-corrected chi connectivity index (χ4v) is 1.07. The Morgan fingerprint density at radius 1 is 1.28 bits per heavy atom. The smallest absolute Gasteiger partial charge is 0.417 e. The lowest BCUT2D eigenvalue weighted by Gasteiger charge is -2.26. The molecule has 0 aliphatic carbocycles. The Hall–Kier alpha value is -2.03. The Bertz CT molecular complexity index is 375. The molecule has 0 atom stereocenters. The first kappa shape index (κ1) is 16.0. The summed E-state index contributed by atoms with van der Waals surface area (Å²) in [6.45, 7) is 5.16. The Morgan fingerprint density at radius 3 is 2.22 bits per heavy atom. The van der Waals surface area contributed by atoms with Crippen LogP contribution in [0.25, 0.3) is 0 Å². The molecule has 0 rings (SSSR count). The number of rotatable bonds is 2. The summed E-state index contributed by atoms with van der Waals surface area (Å²) in [5, 5.41) is 0. The summed E-state index contributed by atoms with van der Waals surface area (Å²) in [7, 11) is 1.06. The van der Waals surface area contributed by atoms with Gasteiger partial charge in [0.25, 0.3) is 0 Å². The minimum absolute atomic E-state index is 0.0182. The second kappa shape index (κ2) is 6.64. The van der Waals surface area contributed by atoms with Crippen molar-refractivity contribution in [1.82, 2.24) is 4.90 Å². The average molecular weight is 255 g/mol. The van der Waals surface area contributed by atoms with E-state index in [9.17, 15) is 14.4 Å². The summed E-state index contributed by atoms with van der Waals surface area (Å²) >= 11 is 0. The van der Waals surface area contributed by atoms with Crippen molar-refractivity contribution >= 4 is 18.0 Å². The van der Waals surface area contributed by atoms with Crippen molar-refractivity contribution < 1.29 is 23.9 Å². The van der Waals surface area contributed by atoms with Crippen LogP contribution in [0.15, 0.2) is 0 Å². The molecule has 0 spiro atoms. The number of imide groups is 1. The molecule has 0 heterocycles. The number of terminal acetylenes is 1. The molecule has 0 bridgehead atoms. The van der Waals surface area contributed by atoms with E-state index in [2.05, 4.69) is 15.4 Å². The lowest BCUT2D eigenvalue weighted by molar-refractivity contribution is -0.157. The number of hydrogen-bond acceptors (Lipinski definition) is 5. The number of carbonyl (C=O) groups is 3. The van der Waals surface area contributed by atoms with Crippen molar-refractivity contribution in [2.75, 3.05) is 20.3 Å². The van der Waals surface area contributed by atoms with E-state index in [1.165, 1.54) is 0 Å². The lowest BCUT2D eigenvalue weighted by atomic mass is 9.96. The molecule has 0 radical (unpaired) electrons. The van der Waals surface area contributed by atoms with Crippen molar-refractivity contribution in [2.24, 2.45) is 5.41 Å². The highest BCUT2D eigenvalue weighted by molar-refractivity contribution is 6.34. The molecule has 0 saturated carbocycles. The van der Waals surface area contributed by atoms with E-state index in [1.807, 2.05) is 0 Å². The van der Waals surface area contributed by atoms with Crippen LogP contribution in [0.5, 0.6) is 0 Å². The molecule has 0 aromatic heterocycles. The number of esters is 1. The highest BCUT2D eigenvalue weighted by atomic mass is 16.6. The molecule has 2 amide bonds. The largest absolute Gasteiger partial charge is 0.462 e. The molecule has 6 heteroatoms. The first-order chi connectivity index (χ1) is 8.22. The van der Waals surface area contributed by atoms with Crippen LogP contribution >= 0.6 is 0 Å². The maximum atomic E-state index is 11.7. The van der Waals surface area contributed by atoms with Crippen LogP contribution in [-0.4, -0.2) is 43.1 Å². The minimum atomic E-state index is -1.13. The van der Waals surface area contributed by atoms with Gasteiger partial charge in [0.15, 0.2) is 6.61 Å². The third-order valence-electron chi connectivity index (χ3n) is 1.74. The molecule has 0 unspecified atom stereocenters. The van der Waals surface area contributed by atoms with E-state index in [4.69, 9.17) is 6.42 Å². The molecule has 0 aromatic carbocycles. The van der Waals surface area contributed by atoms with Gasteiger partial charge in [-0.1, -0.05) is 26.7 Å². The Balaban J connectivity index is 4.94. The maximum Gasteiger partial charge on any atom is 0.417 e. The maximum absolute atomic E-state index is 11.7.